The zero-order valence-electron chi connectivity index (χ0n) is 17.5. The average molecular weight is 408 g/mol. The van der Waals surface area contributed by atoms with E-state index in [9.17, 15) is 9.59 Å². The molecule has 1 atom stereocenters. The highest BCUT2D eigenvalue weighted by atomic mass is 16.5. The van der Waals surface area contributed by atoms with Crippen molar-refractivity contribution in [1.29, 1.82) is 0 Å². The first-order chi connectivity index (χ1) is 14.7. The van der Waals surface area contributed by atoms with Crippen molar-refractivity contribution in [2.45, 2.75) is 31.7 Å². The summed E-state index contributed by atoms with van der Waals surface area (Å²) in [5.41, 5.74) is 2.43. The third kappa shape index (κ3) is 4.33. The Labute approximate surface area is 177 Å². The molecule has 4 rings (SSSR count). The van der Waals surface area contributed by atoms with Gasteiger partial charge in [-0.25, -0.2) is 0 Å². The Kier molecular flexibility index (Phi) is 6.33. The summed E-state index contributed by atoms with van der Waals surface area (Å²) >= 11 is 0. The Balaban J connectivity index is 1.51. The molecule has 2 heterocycles. The quantitative estimate of drug-likeness (QED) is 0.764. The first kappa shape index (κ1) is 20.4. The van der Waals surface area contributed by atoms with Crippen molar-refractivity contribution >= 4 is 17.5 Å². The fourth-order valence-electron chi connectivity index (χ4n) is 4.43. The molecule has 0 unspecified atom stereocenters. The standard InChI is InChI=1S/C24H29N3O3/c1-30-19-12-10-18(11-13-19)22(26-14-4-5-15-26)17-25-24(29)20-7-2-3-8-21(20)27-16-6-9-23(27)28/h2-3,7-8,10-13,22H,4-6,9,14-17H2,1H3,(H,25,29)/t22-/m1/s1. The molecule has 0 aliphatic carbocycles. The number of likely N-dealkylation sites (tertiary alicyclic amines) is 1. The molecule has 30 heavy (non-hydrogen) atoms. The van der Waals surface area contributed by atoms with E-state index in [1.165, 1.54) is 18.4 Å². The van der Waals surface area contributed by atoms with Gasteiger partial charge in [-0.15, -0.1) is 0 Å². The molecule has 6 heteroatoms. The first-order valence-electron chi connectivity index (χ1n) is 10.7. The Bertz CT molecular complexity index is 891. The topological polar surface area (TPSA) is 61.9 Å². The van der Waals surface area contributed by atoms with Crippen LogP contribution in [0.4, 0.5) is 5.69 Å². The Hall–Kier alpha value is -2.86. The minimum absolute atomic E-state index is 0.0865. The number of nitrogens with zero attached hydrogens (tertiary/aromatic N) is 2. The third-order valence-corrected chi connectivity index (χ3v) is 6.05. The normalized spacial score (nSPS) is 17.9. The predicted molar refractivity (Wildman–Crippen MR) is 117 cm³/mol. The maximum absolute atomic E-state index is 13.1. The number of hydrogen-bond donors (Lipinski definition) is 1. The van der Waals surface area contributed by atoms with Crippen LogP contribution in [0.5, 0.6) is 5.75 Å². The van der Waals surface area contributed by atoms with E-state index in [0.717, 1.165) is 25.3 Å². The zero-order chi connectivity index (χ0) is 20.9. The van der Waals surface area contributed by atoms with Crippen LogP contribution in [0.25, 0.3) is 0 Å². The molecule has 1 N–H and O–H groups in total. The number of amides is 2. The van der Waals surface area contributed by atoms with Crippen molar-refractivity contribution in [3.05, 3.63) is 59.7 Å². The number of anilines is 1. The van der Waals surface area contributed by atoms with Gasteiger partial charge < -0.3 is 15.0 Å². The first-order valence-corrected chi connectivity index (χ1v) is 10.7. The molecule has 0 bridgehead atoms. The van der Waals surface area contributed by atoms with Crippen LogP contribution in [0.2, 0.25) is 0 Å². The third-order valence-electron chi connectivity index (χ3n) is 6.05. The van der Waals surface area contributed by atoms with Gasteiger partial charge >= 0.3 is 0 Å². The maximum atomic E-state index is 13.1. The van der Waals surface area contributed by atoms with Gasteiger partial charge in [-0.3, -0.25) is 14.5 Å². The van der Waals surface area contributed by atoms with Crippen LogP contribution in [-0.4, -0.2) is 50.0 Å². The van der Waals surface area contributed by atoms with Crippen LogP contribution in [0.1, 0.15) is 47.6 Å². The molecule has 2 aromatic carbocycles. The molecule has 0 saturated carbocycles. The van der Waals surface area contributed by atoms with Crippen molar-refractivity contribution in [2.24, 2.45) is 0 Å². The van der Waals surface area contributed by atoms with Gasteiger partial charge in [0.1, 0.15) is 5.75 Å². The van der Waals surface area contributed by atoms with Crippen molar-refractivity contribution in [3.8, 4) is 5.75 Å². The van der Waals surface area contributed by atoms with E-state index < -0.39 is 0 Å². The highest BCUT2D eigenvalue weighted by molar-refractivity contribution is 6.05. The van der Waals surface area contributed by atoms with E-state index >= 15 is 0 Å². The second kappa shape index (κ2) is 9.30. The maximum Gasteiger partial charge on any atom is 0.253 e. The number of methoxy groups -OCH3 is 1. The summed E-state index contributed by atoms with van der Waals surface area (Å²) in [7, 11) is 1.66. The smallest absolute Gasteiger partial charge is 0.253 e. The molecule has 2 aliphatic heterocycles. The van der Waals surface area contributed by atoms with Crippen molar-refractivity contribution in [3.63, 3.8) is 0 Å². The molecule has 2 saturated heterocycles. The second-order valence-electron chi connectivity index (χ2n) is 7.91. The number of carbonyl (C=O) groups is 2. The number of rotatable bonds is 7. The highest BCUT2D eigenvalue weighted by Crippen LogP contribution is 2.28. The molecule has 158 valence electrons. The fourth-order valence-corrected chi connectivity index (χ4v) is 4.43. The number of para-hydroxylation sites is 1. The van der Waals surface area contributed by atoms with Crippen LogP contribution in [0.15, 0.2) is 48.5 Å². The van der Waals surface area contributed by atoms with E-state index in [1.807, 2.05) is 30.3 Å². The number of hydrogen-bond acceptors (Lipinski definition) is 4. The van der Waals surface area contributed by atoms with Crippen molar-refractivity contribution in [2.75, 3.05) is 38.2 Å². The van der Waals surface area contributed by atoms with Crippen LogP contribution in [0.3, 0.4) is 0 Å². The number of nitrogens with one attached hydrogen (secondary N) is 1. The summed E-state index contributed by atoms with van der Waals surface area (Å²) < 4.78 is 5.29. The molecule has 0 spiro atoms. The Morgan fingerprint density at radius 2 is 1.77 bits per heavy atom. The second-order valence-corrected chi connectivity index (χ2v) is 7.91. The molecular weight excluding hydrogens is 378 g/mol. The van der Waals surface area contributed by atoms with E-state index in [0.29, 0.717) is 30.8 Å². The predicted octanol–water partition coefficient (Wildman–Crippen LogP) is 3.39. The summed E-state index contributed by atoms with van der Waals surface area (Å²) in [6.07, 6.45) is 3.74. The van der Waals surface area contributed by atoms with Gasteiger partial charge in [-0.2, -0.15) is 0 Å². The molecule has 2 aliphatic rings. The van der Waals surface area contributed by atoms with Crippen LogP contribution < -0.4 is 15.0 Å². The monoisotopic (exact) mass is 407 g/mol. The van der Waals surface area contributed by atoms with E-state index in [-0.39, 0.29) is 17.9 Å². The SMILES string of the molecule is COc1ccc([C@@H](CNC(=O)c2ccccc2N2CCCC2=O)N2CCCC2)cc1. The molecule has 2 aromatic rings. The molecule has 2 amide bonds. The lowest BCUT2D eigenvalue weighted by molar-refractivity contribution is -0.117. The van der Waals surface area contributed by atoms with Crippen molar-refractivity contribution < 1.29 is 14.3 Å². The van der Waals surface area contributed by atoms with Gasteiger partial charge in [0, 0.05) is 19.5 Å². The number of benzene rings is 2. The van der Waals surface area contributed by atoms with Gasteiger partial charge in [-0.05, 0) is 62.2 Å². The molecule has 0 radical (unpaired) electrons. The lowest BCUT2D eigenvalue weighted by atomic mass is 10.0. The summed E-state index contributed by atoms with van der Waals surface area (Å²) in [4.78, 5) is 29.5. The van der Waals surface area contributed by atoms with Gasteiger partial charge in [0.05, 0.1) is 24.4 Å². The molecule has 0 aromatic heterocycles. The van der Waals surface area contributed by atoms with Gasteiger partial charge in [0.15, 0.2) is 0 Å². The van der Waals surface area contributed by atoms with Gasteiger partial charge in [-0.1, -0.05) is 24.3 Å². The van der Waals surface area contributed by atoms with Crippen LogP contribution in [-0.2, 0) is 4.79 Å². The minimum atomic E-state index is -0.136. The highest BCUT2D eigenvalue weighted by Gasteiger charge is 2.27. The van der Waals surface area contributed by atoms with Crippen LogP contribution in [0, 0.1) is 0 Å². The van der Waals surface area contributed by atoms with E-state index in [1.54, 1.807) is 18.1 Å². The Morgan fingerprint density at radius 3 is 2.43 bits per heavy atom. The average Bonchev–Trinajstić information content (AvgIpc) is 3.46. The minimum Gasteiger partial charge on any atom is -0.497 e. The molecule has 6 nitrogen and oxygen atoms in total. The molecule has 2 fully saturated rings. The molecular formula is C24H29N3O3. The van der Waals surface area contributed by atoms with Gasteiger partial charge in [0.25, 0.3) is 5.91 Å². The summed E-state index contributed by atoms with van der Waals surface area (Å²) in [5.74, 6) is 0.776. The summed E-state index contributed by atoms with van der Waals surface area (Å²) in [6.45, 7) is 3.26. The largest absolute Gasteiger partial charge is 0.497 e. The number of carbonyl (C=O) groups excluding carboxylic acids is 2. The zero-order valence-corrected chi connectivity index (χ0v) is 17.5. The van der Waals surface area contributed by atoms with Crippen molar-refractivity contribution in [1.82, 2.24) is 10.2 Å². The lowest BCUT2D eigenvalue weighted by Gasteiger charge is -2.28. The summed E-state index contributed by atoms with van der Waals surface area (Å²) in [6, 6.07) is 15.6. The number of ether oxygens (including phenoxy) is 1. The van der Waals surface area contributed by atoms with Crippen LogP contribution >= 0.6 is 0 Å². The Morgan fingerprint density at radius 1 is 1.03 bits per heavy atom. The van der Waals surface area contributed by atoms with Gasteiger partial charge in [0.2, 0.25) is 5.91 Å². The van der Waals surface area contributed by atoms with E-state index in [4.69, 9.17) is 4.74 Å². The lowest BCUT2D eigenvalue weighted by Crippen LogP contribution is -2.37. The van der Waals surface area contributed by atoms with E-state index in [2.05, 4.69) is 22.3 Å². The summed E-state index contributed by atoms with van der Waals surface area (Å²) in [5, 5.41) is 3.13. The fraction of sp³-hybridized carbons (Fsp3) is 0.417.